The van der Waals surface area contributed by atoms with Crippen LogP contribution in [0.2, 0.25) is 0 Å². The number of piperazine rings is 1. The number of benzene rings is 2. The van der Waals surface area contributed by atoms with Crippen LogP contribution in [0.5, 0.6) is 5.75 Å². The van der Waals surface area contributed by atoms with Crippen LogP contribution in [0, 0.1) is 6.92 Å². The molecule has 1 aromatic heterocycles. The van der Waals surface area contributed by atoms with Gasteiger partial charge in [0.05, 0.1) is 7.11 Å². The fraction of sp³-hybridized carbons (Fsp3) is 0.273. The second kappa shape index (κ2) is 8.17. The third-order valence-electron chi connectivity index (χ3n) is 4.89. The number of hydrogen-bond donors (Lipinski definition) is 1. The molecule has 0 radical (unpaired) electrons. The molecule has 0 atom stereocenters. The van der Waals surface area contributed by atoms with E-state index in [2.05, 4.69) is 32.2 Å². The van der Waals surface area contributed by atoms with Crippen molar-refractivity contribution >= 4 is 23.1 Å². The third kappa shape index (κ3) is 4.17. The Morgan fingerprint density at radius 2 is 1.54 bits per heavy atom. The highest BCUT2D eigenvalue weighted by Crippen LogP contribution is 2.23. The number of anilines is 4. The first-order chi connectivity index (χ1) is 13.7. The summed E-state index contributed by atoms with van der Waals surface area (Å²) in [4.78, 5) is 14.0. The zero-order chi connectivity index (χ0) is 19.3. The van der Waals surface area contributed by atoms with Gasteiger partial charge in [0.15, 0.2) is 0 Å². The van der Waals surface area contributed by atoms with Gasteiger partial charge in [-0.3, -0.25) is 0 Å². The number of aryl methyl sites for hydroxylation is 1. The maximum atomic E-state index is 5.25. The second-order valence-electron chi connectivity index (χ2n) is 6.86. The van der Waals surface area contributed by atoms with E-state index in [1.165, 1.54) is 5.69 Å². The molecular formula is C22H25N5O. The molecule has 2 aromatic carbocycles. The molecule has 1 fully saturated rings. The topological polar surface area (TPSA) is 53.5 Å². The summed E-state index contributed by atoms with van der Waals surface area (Å²) in [5, 5.41) is 3.37. The van der Waals surface area contributed by atoms with Gasteiger partial charge in [0, 0.05) is 49.3 Å². The molecule has 0 amide bonds. The maximum absolute atomic E-state index is 5.25. The monoisotopic (exact) mass is 375 g/mol. The molecule has 6 heteroatoms. The van der Waals surface area contributed by atoms with E-state index in [0.29, 0.717) is 0 Å². The van der Waals surface area contributed by atoms with Gasteiger partial charge < -0.3 is 19.9 Å². The molecule has 28 heavy (non-hydrogen) atoms. The van der Waals surface area contributed by atoms with Gasteiger partial charge in [0.25, 0.3) is 0 Å². The van der Waals surface area contributed by atoms with Crippen LogP contribution in [0.4, 0.5) is 23.1 Å². The van der Waals surface area contributed by atoms with Gasteiger partial charge in [-0.15, -0.1) is 0 Å². The standard InChI is InChI=1S/C22H25N5O/c1-17-16-21(24-18-6-4-3-5-7-18)25-22(23-17)27-14-12-26(13-15-27)19-8-10-20(28-2)11-9-19/h3-11,16H,12-15H2,1-2H3,(H,23,24,25). The quantitative estimate of drug-likeness (QED) is 0.731. The summed E-state index contributed by atoms with van der Waals surface area (Å²) in [7, 11) is 1.69. The number of rotatable bonds is 5. The molecule has 3 aromatic rings. The molecule has 0 saturated carbocycles. The molecule has 1 aliphatic rings. The van der Waals surface area contributed by atoms with Crippen molar-refractivity contribution in [2.75, 3.05) is 48.4 Å². The average Bonchev–Trinajstić information content (AvgIpc) is 2.74. The van der Waals surface area contributed by atoms with E-state index in [1.807, 2.05) is 55.5 Å². The predicted octanol–water partition coefficient (Wildman–Crippen LogP) is 3.86. The number of hydrogen-bond acceptors (Lipinski definition) is 6. The lowest BCUT2D eigenvalue weighted by atomic mass is 10.2. The molecule has 6 nitrogen and oxygen atoms in total. The highest BCUT2D eigenvalue weighted by atomic mass is 16.5. The van der Waals surface area contributed by atoms with Crippen LogP contribution in [0.1, 0.15) is 5.69 Å². The van der Waals surface area contributed by atoms with Crippen LogP contribution < -0.4 is 19.9 Å². The Kier molecular flexibility index (Phi) is 5.28. The molecule has 0 spiro atoms. The summed E-state index contributed by atoms with van der Waals surface area (Å²) in [6.45, 7) is 5.66. The average molecular weight is 375 g/mol. The lowest BCUT2D eigenvalue weighted by Crippen LogP contribution is -2.47. The molecule has 1 saturated heterocycles. The first-order valence-corrected chi connectivity index (χ1v) is 9.53. The Hall–Kier alpha value is -3.28. The van der Waals surface area contributed by atoms with Gasteiger partial charge in [-0.2, -0.15) is 4.98 Å². The van der Waals surface area contributed by atoms with Crippen molar-refractivity contribution in [3.05, 3.63) is 66.4 Å². The SMILES string of the molecule is COc1ccc(N2CCN(c3nc(C)cc(Nc4ccccc4)n3)CC2)cc1. The fourth-order valence-electron chi connectivity index (χ4n) is 3.39. The van der Waals surface area contributed by atoms with Gasteiger partial charge in [-0.1, -0.05) is 18.2 Å². The van der Waals surface area contributed by atoms with Crippen LogP contribution in [0.15, 0.2) is 60.7 Å². The first-order valence-electron chi connectivity index (χ1n) is 9.53. The van der Waals surface area contributed by atoms with Crippen molar-refractivity contribution in [1.29, 1.82) is 0 Å². The Balaban J connectivity index is 1.43. The largest absolute Gasteiger partial charge is 0.497 e. The van der Waals surface area contributed by atoms with E-state index >= 15 is 0 Å². The van der Waals surface area contributed by atoms with Crippen LogP contribution in [0.3, 0.4) is 0 Å². The van der Waals surface area contributed by atoms with Crippen LogP contribution in [0.25, 0.3) is 0 Å². The summed E-state index contributed by atoms with van der Waals surface area (Å²) >= 11 is 0. The van der Waals surface area contributed by atoms with E-state index in [0.717, 1.165) is 55.1 Å². The highest BCUT2D eigenvalue weighted by molar-refractivity contribution is 5.58. The van der Waals surface area contributed by atoms with Gasteiger partial charge in [-0.05, 0) is 43.3 Å². The van der Waals surface area contributed by atoms with Crippen molar-refractivity contribution < 1.29 is 4.74 Å². The molecule has 1 aliphatic heterocycles. The van der Waals surface area contributed by atoms with E-state index in [9.17, 15) is 0 Å². The zero-order valence-corrected chi connectivity index (χ0v) is 16.3. The Morgan fingerprint density at radius 1 is 0.857 bits per heavy atom. The molecule has 0 aliphatic carbocycles. The third-order valence-corrected chi connectivity index (χ3v) is 4.89. The van der Waals surface area contributed by atoms with Crippen molar-refractivity contribution in [3.8, 4) is 5.75 Å². The van der Waals surface area contributed by atoms with Crippen LogP contribution in [-0.2, 0) is 0 Å². The number of para-hydroxylation sites is 1. The van der Waals surface area contributed by atoms with Crippen molar-refractivity contribution in [1.82, 2.24) is 9.97 Å². The summed E-state index contributed by atoms with van der Waals surface area (Å²) in [6.07, 6.45) is 0. The molecule has 2 heterocycles. The summed E-state index contributed by atoms with van der Waals surface area (Å²) in [5.41, 5.74) is 3.20. The molecule has 4 rings (SSSR count). The van der Waals surface area contributed by atoms with Gasteiger partial charge in [0.1, 0.15) is 11.6 Å². The normalized spacial score (nSPS) is 14.1. The second-order valence-corrected chi connectivity index (χ2v) is 6.86. The molecular weight excluding hydrogens is 350 g/mol. The first kappa shape index (κ1) is 18.1. The lowest BCUT2D eigenvalue weighted by molar-refractivity contribution is 0.415. The Morgan fingerprint density at radius 3 is 2.21 bits per heavy atom. The van der Waals surface area contributed by atoms with Crippen molar-refractivity contribution in [2.45, 2.75) is 6.92 Å². The summed E-state index contributed by atoms with van der Waals surface area (Å²) < 4.78 is 5.25. The van der Waals surface area contributed by atoms with E-state index in [4.69, 9.17) is 9.72 Å². The van der Waals surface area contributed by atoms with Crippen molar-refractivity contribution in [2.24, 2.45) is 0 Å². The van der Waals surface area contributed by atoms with Crippen LogP contribution >= 0.6 is 0 Å². The van der Waals surface area contributed by atoms with E-state index < -0.39 is 0 Å². The Labute approximate surface area is 165 Å². The number of aromatic nitrogens is 2. The van der Waals surface area contributed by atoms with Gasteiger partial charge in [-0.25, -0.2) is 4.98 Å². The van der Waals surface area contributed by atoms with Gasteiger partial charge in [0.2, 0.25) is 5.95 Å². The highest BCUT2D eigenvalue weighted by Gasteiger charge is 2.20. The minimum Gasteiger partial charge on any atom is -0.497 e. The van der Waals surface area contributed by atoms with Crippen LogP contribution in [-0.4, -0.2) is 43.3 Å². The molecule has 1 N–H and O–H groups in total. The molecule has 0 unspecified atom stereocenters. The number of nitrogens with one attached hydrogen (secondary N) is 1. The summed E-state index contributed by atoms with van der Waals surface area (Å²) in [6, 6.07) is 20.3. The van der Waals surface area contributed by atoms with E-state index in [1.54, 1.807) is 7.11 Å². The van der Waals surface area contributed by atoms with E-state index in [-0.39, 0.29) is 0 Å². The molecule has 0 bridgehead atoms. The number of nitrogens with zero attached hydrogens (tertiary/aromatic N) is 4. The minimum absolute atomic E-state index is 0.785. The summed E-state index contributed by atoms with van der Waals surface area (Å²) in [5.74, 6) is 2.49. The zero-order valence-electron chi connectivity index (χ0n) is 16.3. The molecule has 144 valence electrons. The Bertz CT molecular complexity index is 906. The van der Waals surface area contributed by atoms with Crippen molar-refractivity contribution in [3.63, 3.8) is 0 Å². The lowest BCUT2D eigenvalue weighted by Gasteiger charge is -2.36. The predicted molar refractivity (Wildman–Crippen MR) is 114 cm³/mol. The number of ether oxygens (including phenoxy) is 1. The maximum Gasteiger partial charge on any atom is 0.227 e. The fourth-order valence-corrected chi connectivity index (χ4v) is 3.39. The minimum atomic E-state index is 0.785. The smallest absolute Gasteiger partial charge is 0.227 e. The van der Waals surface area contributed by atoms with Gasteiger partial charge >= 0.3 is 0 Å². The number of methoxy groups -OCH3 is 1.